The molecule has 0 saturated heterocycles. The van der Waals surface area contributed by atoms with E-state index in [0.717, 1.165) is 0 Å². The minimum absolute atomic E-state index is 0.0958. The van der Waals surface area contributed by atoms with Crippen molar-refractivity contribution in [1.29, 1.82) is 0 Å². The van der Waals surface area contributed by atoms with Crippen LogP contribution in [-0.2, 0) is 0 Å². The highest BCUT2D eigenvalue weighted by atomic mass is 16.4. The fourth-order valence-electron chi connectivity index (χ4n) is 0.647. The second-order valence-electron chi connectivity index (χ2n) is 1.92. The van der Waals surface area contributed by atoms with Gasteiger partial charge in [-0.1, -0.05) is 0 Å². The van der Waals surface area contributed by atoms with E-state index in [1.54, 1.807) is 0 Å². The molecular weight excluding hydrogens is 143 g/mol. The molecule has 54 valence electrons. The summed E-state index contributed by atoms with van der Waals surface area (Å²) in [5.74, 6) is 0. The summed E-state index contributed by atoms with van der Waals surface area (Å²) in [5.41, 5.74) is 0.446. The molecule has 0 atom stereocenters. The first-order valence-corrected chi connectivity index (χ1v) is 2.93. The molecule has 0 bridgehead atoms. The molecule has 1 rings (SSSR count). The van der Waals surface area contributed by atoms with Gasteiger partial charge >= 0.3 is 7.12 Å². The number of nitrogens with zero attached hydrogens (tertiary/aromatic N) is 2. The molecule has 0 aliphatic heterocycles. The van der Waals surface area contributed by atoms with E-state index >= 15 is 0 Å². The van der Waals surface area contributed by atoms with Crippen molar-refractivity contribution < 1.29 is 10.0 Å². The van der Waals surface area contributed by atoms with Crippen molar-refractivity contribution in [1.82, 2.24) is 4.98 Å². The Morgan fingerprint density at radius 1 is 1.55 bits per heavy atom. The fraction of sp³-hybridized carbons (Fsp3) is 0. The fourth-order valence-corrected chi connectivity index (χ4v) is 0.647. The van der Waals surface area contributed by atoms with Crippen LogP contribution in [0.4, 0.5) is 5.69 Å². The predicted octanol–water partition coefficient (Wildman–Crippen LogP) is -0.688. The van der Waals surface area contributed by atoms with Gasteiger partial charge in [0.2, 0.25) is 0 Å². The van der Waals surface area contributed by atoms with Gasteiger partial charge in [0.25, 0.3) is 0 Å². The Balaban J connectivity index is 3.03. The topological polar surface area (TPSA) is 57.7 Å². The Bertz CT molecular complexity index is 295. The second kappa shape index (κ2) is 3.15. The number of pyridine rings is 1. The predicted molar refractivity (Wildman–Crippen MR) is 40.3 cm³/mol. The van der Waals surface area contributed by atoms with E-state index in [4.69, 9.17) is 16.6 Å². The van der Waals surface area contributed by atoms with Gasteiger partial charge in [0.1, 0.15) is 0 Å². The lowest BCUT2D eigenvalue weighted by molar-refractivity contribution is 0.424. The lowest BCUT2D eigenvalue weighted by atomic mass is 9.85. The molecule has 4 nitrogen and oxygen atoms in total. The Morgan fingerprint density at radius 2 is 2.27 bits per heavy atom. The van der Waals surface area contributed by atoms with Crippen LogP contribution in [0.15, 0.2) is 18.3 Å². The third-order valence-corrected chi connectivity index (χ3v) is 1.16. The zero-order valence-electron chi connectivity index (χ0n) is 5.60. The lowest BCUT2D eigenvalue weighted by Gasteiger charge is -1.96. The average molecular weight is 148 g/mol. The van der Waals surface area contributed by atoms with Gasteiger partial charge in [0, 0.05) is 6.20 Å². The summed E-state index contributed by atoms with van der Waals surface area (Å²) in [4.78, 5) is 6.74. The van der Waals surface area contributed by atoms with E-state index in [9.17, 15) is 0 Å². The van der Waals surface area contributed by atoms with Crippen molar-refractivity contribution in [2.24, 2.45) is 0 Å². The molecule has 0 amide bonds. The van der Waals surface area contributed by atoms with Gasteiger partial charge in [0.15, 0.2) is 5.69 Å². The number of hydrogen-bond acceptors (Lipinski definition) is 3. The molecular formula is C6H5BN2O2. The van der Waals surface area contributed by atoms with Crippen LogP contribution in [0.3, 0.4) is 0 Å². The first-order chi connectivity index (χ1) is 5.24. The maximum atomic E-state index is 8.63. The molecule has 0 spiro atoms. The highest BCUT2D eigenvalue weighted by Gasteiger charge is 2.11. The van der Waals surface area contributed by atoms with Crippen molar-refractivity contribution in [2.45, 2.75) is 0 Å². The molecule has 0 radical (unpaired) electrons. The van der Waals surface area contributed by atoms with E-state index in [0.29, 0.717) is 5.69 Å². The minimum atomic E-state index is -1.60. The van der Waals surface area contributed by atoms with Gasteiger partial charge in [0.05, 0.1) is 12.2 Å². The van der Waals surface area contributed by atoms with Gasteiger partial charge in [-0.25, -0.2) is 4.85 Å². The Labute approximate surface area is 64.1 Å². The molecule has 0 fully saturated rings. The van der Waals surface area contributed by atoms with Crippen LogP contribution in [0.1, 0.15) is 0 Å². The smallest absolute Gasteiger partial charge is 0.422 e. The zero-order chi connectivity index (χ0) is 8.27. The summed E-state index contributed by atoms with van der Waals surface area (Å²) in [6, 6.07) is 2.83. The van der Waals surface area contributed by atoms with Crippen LogP contribution in [0.2, 0.25) is 0 Å². The van der Waals surface area contributed by atoms with Gasteiger partial charge in [-0.15, -0.1) is 0 Å². The van der Waals surface area contributed by atoms with E-state index in [-0.39, 0.29) is 5.59 Å². The summed E-state index contributed by atoms with van der Waals surface area (Å²) in [6.45, 7) is 6.62. The summed E-state index contributed by atoms with van der Waals surface area (Å²) >= 11 is 0. The second-order valence-corrected chi connectivity index (χ2v) is 1.92. The van der Waals surface area contributed by atoms with Gasteiger partial charge in [-0.05, 0) is 12.1 Å². The average Bonchev–Trinajstić information content (AvgIpc) is 2.05. The third-order valence-electron chi connectivity index (χ3n) is 1.16. The lowest BCUT2D eigenvalue weighted by Crippen LogP contribution is -2.32. The molecule has 0 saturated carbocycles. The summed E-state index contributed by atoms with van der Waals surface area (Å²) in [7, 11) is -1.60. The third kappa shape index (κ3) is 1.77. The van der Waals surface area contributed by atoms with Crippen molar-refractivity contribution >= 4 is 18.4 Å². The van der Waals surface area contributed by atoms with Crippen LogP contribution < -0.4 is 5.59 Å². The van der Waals surface area contributed by atoms with Crippen LogP contribution in [0.25, 0.3) is 4.85 Å². The largest absolute Gasteiger partial charge is 0.506 e. The van der Waals surface area contributed by atoms with Crippen LogP contribution in [-0.4, -0.2) is 22.2 Å². The Morgan fingerprint density at radius 3 is 2.82 bits per heavy atom. The van der Waals surface area contributed by atoms with Crippen LogP contribution in [0.5, 0.6) is 0 Å². The minimum Gasteiger partial charge on any atom is -0.422 e. The molecule has 2 N–H and O–H groups in total. The number of aromatic nitrogens is 1. The van der Waals surface area contributed by atoms with Crippen LogP contribution in [0, 0.1) is 6.57 Å². The first-order valence-electron chi connectivity index (χ1n) is 2.93. The van der Waals surface area contributed by atoms with Crippen LogP contribution >= 0.6 is 0 Å². The summed E-state index contributed by atoms with van der Waals surface area (Å²) in [6.07, 6.45) is 1.36. The van der Waals surface area contributed by atoms with Crippen molar-refractivity contribution in [3.63, 3.8) is 0 Å². The molecule has 0 aliphatic rings. The molecule has 11 heavy (non-hydrogen) atoms. The van der Waals surface area contributed by atoms with E-state index < -0.39 is 7.12 Å². The van der Waals surface area contributed by atoms with E-state index in [1.807, 2.05) is 0 Å². The van der Waals surface area contributed by atoms with E-state index in [1.165, 1.54) is 18.3 Å². The molecule has 1 aromatic rings. The summed E-state index contributed by atoms with van der Waals surface area (Å²) in [5, 5.41) is 17.3. The molecule has 0 aliphatic carbocycles. The molecule has 0 aromatic carbocycles. The summed E-state index contributed by atoms with van der Waals surface area (Å²) < 4.78 is 0. The first kappa shape index (κ1) is 7.73. The maximum absolute atomic E-state index is 8.63. The highest BCUT2D eigenvalue weighted by molar-refractivity contribution is 6.57. The van der Waals surface area contributed by atoms with Crippen molar-refractivity contribution in [3.8, 4) is 0 Å². The SMILES string of the molecule is [C-]#[N+]c1ccnc(B(O)O)c1. The van der Waals surface area contributed by atoms with Crippen molar-refractivity contribution in [3.05, 3.63) is 29.7 Å². The number of rotatable bonds is 1. The molecule has 0 unspecified atom stereocenters. The maximum Gasteiger partial charge on any atom is 0.506 e. The number of hydrogen-bond donors (Lipinski definition) is 2. The van der Waals surface area contributed by atoms with E-state index in [2.05, 4.69) is 9.83 Å². The quantitative estimate of drug-likeness (QED) is 0.409. The normalized spacial score (nSPS) is 8.82. The molecule has 1 aromatic heterocycles. The van der Waals surface area contributed by atoms with Gasteiger partial charge in [-0.2, -0.15) is 0 Å². The standard InChI is InChI=1S/C6H5BN2O2/c1-8-5-2-3-9-6(4-5)7(10)11/h2-4,10-11H. The Hall–Kier alpha value is -1.38. The zero-order valence-corrected chi connectivity index (χ0v) is 5.60. The van der Waals surface area contributed by atoms with Gasteiger partial charge < -0.3 is 10.0 Å². The van der Waals surface area contributed by atoms with Gasteiger partial charge in [-0.3, -0.25) is 4.98 Å². The highest BCUT2D eigenvalue weighted by Crippen LogP contribution is 2.05. The molecule has 1 heterocycles. The monoisotopic (exact) mass is 148 g/mol. The Kier molecular flexibility index (Phi) is 2.21. The molecule has 5 heteroatoms. The van der Waals surface area contributed by atoms with Crippen molar-refractivity contribution in [2.75, 3.05) is 0 Å².